The minimum absolute atomic E-state index is 0.0466. The molecule has 2 saturated heterocycles. The first-order valence-electron chi connectivity index (χ1n) is 13.2. The number of carbonyl (C=O) groups is 1. The van der Waals surface area contributed by atoms with Crippen LogP contribution in [0.5, 0.6) is 11.5 Å². The Bertz CT molecular complexity index is 1430. The van der Waals surface area contributed by atoms with Gasteiger partial charge in [-0.1, -0.05) is 29.8 Å². The normalized spacial score (nSPS) is 20.4. The number of benzene rings is 2. The number of amides is 1. The first-order valence-corrected chi connectivity index (χ1v) is 14.0. The molecule has 0 aliphatic carbocycles. The van der Waals surface area contributed by atoms with E-state index in [2.05, 4.69) is 21.9 Å². The van der Waals surface area contributed by atoms with Gasteiger partial charge in [-0.3, -0.25) is 4.79 Å². The van der Waals surface area contributed by atoms with Crippen LogP contribution in [0.3, 0.4) is 0 Å². The molecule has 2 aromatic carbocycles. The Hall–Kier alpha value is -3.14. The highest BCUT2D eigenvalue weighted by Crippen LogP contribution is 2.41. The van der Waals surface area contributed by atoms with Crippen LogP contribution in [-0.4, -0.2) is 56.3 Å². The molecule has 40 heavy (non-hydrogen) atoms. The van der Waals surface area contributed by atoms with Gasteiger partial charge in [-0.05, 0) is 51.0 Å². The summed E-state index contributed by atoms with van der Waals surface area (Å²) in [7, 11) is 0. The number of halogens is 3. The quantitative estimate of drug-likeness (QED) is 0.219. The molecule has 3 atom stereocenters. The van der Waals surface area contributed by atoms with Crippen LogP contribution in [0.1, 0.15) is 46.0 Å². The fourth-order valence-corrected chi connectivity index (χ4v) is 5.71. The second-order valence-corrected chi connectivity index (χ2v) is 11.6. The van der Waals surface area contributed by atoms with Crippen LogP contribution in [0.2, 0.25) is 10.0 Å². The fourth-order valence-electron chi connectivity index (χ4n) is 5.40. The van der Waals surface area contributed by atoms with Crippen molar-refractivity contribution in [1.82, 2.24) is 14.9 Å². The Balaban J connectivity index is 1.47. The summed E-state index contributed by atoms with van der Waals surface area (Å²) in [5.41, 5.74) is -0.238. The average Bonchev–Trinajstić information content (AvgIpc) is 3.18. The van der Waals surface area contributed by atoms with E-state index in [-0.39, 0.29) is 46.4 Å². The van der Waals surface area contributed by atoms with Gasteiger partial charge in [0.1, 0.15) is 18.2 Å². The highest BCUT2D eigenvalue weighted by atomic mass is 35.5. The molecule has 0 spiro atoms. The summed E-state index contributed by atoms with van der Waals surface area (Å²) in [6.45, 7) is 7.34. The van der Waals surface area contributed by atoms with E-state index < -0.39 is 11.4 Å². The smallest absolute Gasteiger partial charge is 0.246 e. The molecular formula is C29H31Cl2FN4O4. The summed E-state index contributed by atoms with van der Waals surface area (Å²) in [6, 6.07) is 6.68. The van der Waals surface area contributed by atoms with Crippen molar-refractivity contribution in [2.24, 2.45) is 0 Å². The van der Waals surface area contributed by atoms with Crippen molar-refractivity contribution in [2.75, 3.05) is 11.9 Å². The predicted molar refractivity (Wildman–Crippen MR) is 153 cm³/mol. The van der Waals surface area contributed by atoms with E-state index in [1.165, 1.54) is 24.5 Å². The van der Waals surface area contributed by atoms with Gasteiger partial charge in [0.15, 0.2) is 17.3 Å². The lowest BCUT2D eigenvalue weighted by Gasteiger charge is -2.38. The van der Waals surface area contributed by atoms with E-state index in [1.54, 1.807) is 26.0 Å². The molecule has 3 heterocycles. The lowest BCUT2D eigenvalue weighted by molar-refractivity contribution is -0.131. The molecule has 1 aromatic heterocycles. The number of hydrogen-bond acceptors (Lipinski definition) is 7. The minimum Gasteiger partial charge on any atom is -0.490 e. The van der Waals surface area contributed by atoms with Crippen molar-refractivity contribution < 1.29 is 23.8 Å². The standard InChI is InChI=1S/C29H31Cl2FN4O4/c1-4-25(37)36-16-5-6-17(36)12-18(11-16)40-24-13-19-22(14-23(24)39-10-9-29(2,3)38)33-15-34-28(19)35-21-8-7-20(30)26(31)27(21)32/h4,7-8,13-18,38H,1,5-6,9-12H2,2-3H3,(H,33,34,35)/t16-,17+,18-. The predicted octanol–water partition coefficient (Wildman–Crippen LogP) is 6.45. The van der Waals surface area contributed by atoms with Gasteiger partial charge in [0.2, 0.25) is 5.91 Å². The molecular weight excluding hydrogens is 558 g/mol. The van der Waals surface area contributed by atoms with Gasteiger partial charge >= 0.3 is 0 Å². The SMILES string of the molecule is C=CC(=O)N1[C@@H]2CC[C@H]1C[C@H](Oc1cc3c(Nc4ccc(Cl)c(Cl)c4F)ncnc3cc1OCCC(C)(C)O)C2. The topological polar surface area (TPSA) is 96.8 Å². The lowest BCUT2D eigenvalue weighted by Crippen LogP contribution is -2.48. The van der Waals surface area contributed by atoms with E-state index in [0.29, 0.717) is 47.5 Å². The maximum absolute atomic E-state index is 14.8. The Morgan fingerprint density at radius 3 is 2.62 bits per heavy atom. The van der Waals surface area contributed by atoms with Crippen LogP contribution >= 0.6 is 23.2 Å². The van der Waals surface area contributed by atoms with Crippen LogP contribution < -0.4 is 14.8 Å². The lowest BCUT2D eigenvalue weighted by atomic mass is 9.99. The molecule has 2 aliphatic rings. The number of carbonyl (C=O) groups excluding carboxylic acids is 1. The van der Waals surface area contributed by atoms with Crippen molar-refractivity contribution in [2.45, 2.75) is 69.7 Å². The number of ether oxygens (including phenoxy) is 2. The number of aliphatic hydroxyl groups is 1. The van der Waals surface area contributed by atoms with E-state index in [0.717, 1.165) is 12.8 Å². The molecule has 1 amide bonds. The second-order valence-electron chi connectivity index (χ2n) is 10.8. The number of rotatable bonds is 9. The molecule has 5 rings (SSSR count). The van der Waals surface area contributed by atoms with Crippen LogP contribution in [0, 0.1) is 5.82 Å². The highest BCUT2D eigenvalue weighted by molar-refractivity contribution is 6.42. The zero-order valence-corrected chi connectivity index (χ0v) is 23.8. The van der Waals surface area contributed by atoms with Crippen molar-refractivity contribution in [1.29, 1.82) is 0 Å². The van der Waals surface area contributed by atoms with E-state index in [4.69, 9.17) is 32.7 Å². The van der Waals surface area contributed by atoms with E-state index >= 15 is 0 Å². The van der Waals surface area contributed by atoms with Crippen molar-refractivity contribution >= 4 is 51.5 Å². The Labute approximate surface area is 242 Å². The summed E-state index contributed by atoms with van der Waals surface area (Å²) in [5.74, 6) is 0.555. The van der Waals surface area contributed by atoms with Gasteiger partial charge in [-0.15, -0.1) is 0 Å². The largest absolute Gasteiger partial charge is 0.490 e. The van der Waals surface area contributed by atoms with Crippen molar-refractivity contribution in [3.05, 3.63) is 59.1 Å². The van der Waals surface area contributed by atoms with Crippen LogP contribution in [0.15, 0.2) is 43.2 Å². The average molecular weight is 589 g/mol. The molecule has 2 aliphatic heterocycles. The summed E-state index contributed by atoms with van der Waals surface area (Å²) >= 11 is 12.0. The number of hydrogen-bond donors (Lipinski definition) is 2. The van der Waals surface area contributed by atoms with Crippen molar-refractivity contribution in [3.63, 3.8) is 0 Å². The van der Waals surface area contributed by atoms with Gasteiger partial charge in [-0.25, -0.2) is 14.4 Å². The monoisotopic (exact) mass is 588 g/mol. The highest BCUT2D eigenvalue weighted by Gasteiger charge is 2.43. The molecule has 212 valence electrons. The van der Waals surface area contributed by atoms with Gasteiger partial charge in [0.25, 0.3) is 0 Å². The molecule has 11 heteroatoms. The maximum Gasteiger partial charge on any atom is 0.246 e. The molecule has 3 aromatic rings. The number of nitrogens with one attached hydrogen (secondary N) is 1. The summed E-state index contributed by atoms with van der Waals surface area (Å²) in [4.78, 5) is 23.1. The molecule has 0 saturated carbocycles. The summed E-state index contributed by atoms with van der Waals surface area (Å²) < 4.78 is 27.4. The summed E-state index contributed by atoms with van der Waals surface area (Å²) in [5, 5.41) is 13.7. The molecule has 2 bridgehead atoms. The van der Waals surface area contributed by atoms with Gasteiger partial charge in [0, 0.05) is 42.8 Å². The number of fused-ring (bicyclic) bond motifs is 3. The number of aromatic nitrogens is 2. The zero-order chi connectivity index (χ0) is 28.6. The van der Waals surface area contributed by atoms with E-state index in [1.807, 2.05) is 4.90 Å². The minimum atomic E-state index is -0.898. The number of anilines is 2. The first kappa shape index (κ1) is 28.4. The molecule has 8 nitrogen and oxygen atoms in total. The first-order chi connectivity index (χ1) is 19.0. The van der Waals surface area contributed by atoms with Crippen LogP contribution in [0.25, 0.3) is 10.9 Å². The summed E-state index contributed by atoms with van der Waals surface area (Å²) in [6.07, 6.45) is 6.21. The van der Waals surface area contributed by atoms with Gasteiger partial charge < -0.3 is 24.8 Å². The van der Waals surface area contributed by atoms with Gasteiger partial charge in [-0.2, -0.15) is 0 Å². The molecule has 0 unspecified atom stereocenters. The zero-order valence-electron chi connectivity index (χ0n) is 22.3. The number of nitrogens with zero attached hydrogens (tertiary/aromatic N) is 3. The van der Waals surface area contributed by atoms with Gasteiger partial charge in [0.05, 0.1) is 33.5 Å². The Kier molecular flexibility index (Phi) is 8.08. The molecule has 0 radical (unpaired) electrons. The Morgan fingerprint density at radius 2 is 1.95 bits per heavy atom. The maximum atomic E-state index is 14.8. The third kappa shape index (κ3) is 5.96. The van der Waals surface area contributed by atoms with E-state index in [9.17, 15) is 14.3 Å². The molecule has 2 fully saturated rings. The molecule has 2 N–H and O–H groups in total. The van der Waals surface area contributed by atoms with Crippen molar-refractivity contribution in [3.8, 4) is 11.5 Å². The van der Waals surface area contributed by atoms with Crippen LogP contribution in [0.4, 0.5) is 15.9 Å². The third-order valence-corrected chi connectivity index (χ3v) is 8.15. The fraction of sp³-hybridized carbons (Fsp3) is 0.414. The third-order valence-electron chi connectivity index (χ3n) is 7.37. The second kappa shape index (κ2) is 11.4. The number of piperidine rings is 1. The Morgan fingerprint density at radius 1 is 1.23 bits per heavy atom. The van der Waals surface area contributed by atoms with Crippen LogP contribution in [-0.2, 0) is 4.79 Å².